The van der Waals surface area contributed by atoms with Crippen molar-refractivity contribution in [2.45, 2.75) is 31.8 Å². The average Bonchev–Trinajstić information content (AvgIpc) is 3.30. The van der Waals surface area contributed by atoms with Crippen LogP contribution in [-0.2, 0) is 17.7 Å². The molecule has 0 aliphatic carbocycles. The quantitative estimate of drug-likeness (QED) is 0.401. The number of ether oxygens (including phenoxy) is 2. The Morgan fingerprint density at radius 1 is 1.22 bits per heavy atom. The van der Waals surface area contributed by atoms with Gasteiger partial charge >= 0.3 is 12.0 Å². The number of methoxy groups -OCH3 is 1. The van der Waals surface area contributed by atoms with E-state index in [0.29, 0.717) is 60.1 Å². The van der Waals surface area contributed by atoms with Crippen molar-refractivity contribution in [1.82, 2.24) is 20.3 Å². The molecule has 194 valence electrons. The second-order valence-corrected chi connectivity index (χ2v) is 10.1. The fourth-order valence-electron chi connectivity index (χ4n) is 4.24. The maximum absolute atomic E-state index is 12.8. The number of thiazole rings is 1. The number of anilines is 3. The number of halogens is 1. The lowest BCUT2D eigenvalue weighted by Gasteiger charge is -2.27. The molecule has 37 heavy (non-hydrogen) atoms. The number of fused-ring (bicyclic) bond motifs is 1. The number of carbonyl (C=O) groups is 2. The fraction of sp³-hybridized carbons (Fsp3) is 0.375. The van der Waals surface area contributed by atoms with Gasteiger partial charge in [0.2, 0.25) is 0 Å². The lowest BCUT2D eigenvalue weighted by atomic mass is 10.1. The summed E-state index contributed by atoms with van der Waals surface area (Å²) in [6.45, 7) is 2.46. The molecule has 0 radical (unpaired) electrons. The summed E-state index contributed by atoms with van der Waals surface area (Å²) >= 11 is 7.50. The number of rotatable bonds is 6. The zero-order valence-electron chi connectivity index (χ0n) is 20.1. The molecule has 1 atom stereocenters. The van der Waals surface area contributed by atoms with E-state index in [4.69, 9.17) is 21.1 Å². The summed E-state index contributed by atoms with van der Waals surface area (Å²) in [5, 5.41) is 9.34. The molecule has 0 bridgehead atoms. The van der Waals surface area contributed by atoms with Crippen molar-refractivity contribution in [2.24, 2.45) is 0 Å². The number of hydrogen-bond acceptors (Lipinski definition) is 9. The molecule has 3 amide bonds. The highest BCUT2D eigenvalue weighted by Gasteiger charge is 2.24. The van der Waals surface area contributed by atoms with E-state index in [9.17, 15) is 9.59 Å². The average molecular weight is 544 g/mol. The molecule has 1 unspecified atom stereocenters. The maximum atomic E-state index is 12.8. The van der Waals surface area contributed by atoms with Gasteiger partial charge in [0.25, 0.3) is 5.91 Å². The van der Waals surface area contributed by atoms with E-state index in [1.54, 1.807) is 30.3 Å². The van der Waals surface area contributed by atoms with Gasteiger partial charge in [-0.2, -0.15) is 9.97 Å². The van der Waals surface area contributed by atoms with Gasteiger partial charge in [-0.25, -0.2) is 9.78 Å². The first-order valence-corrected chi connectivity index (χ1v) is 13.1. The van der Waals surface area contributed by atoms with Crippen molar-refractivity contribution in [2.75, 3.05) is 42.4 Å². The Labute approximate surface area is 222 Å². The van der Waals surface area contributed by atoms with E-state index in [1.807, 2.05) is 0 Å². The van der Waals surface area contributed by atoms with Crippen molar-refractivity contribution in [3.05, 3.63) is 51.6 Å². The van der Waals surface area contributed by atoms with Gasteiger partial charge in [-0.1, -0.05) is 35.1 Å². The molecular formula is C24H26ClN7O4S. The Morgan fingerprint density at radius 3 is 2.89 bits per heavy atom. The van der Waals surface area contributed by atoms with Gasteiger partial charge in [0.15, 0.2) is 5.13 Å². The van der Waals surface area contributed by atoms with Gasteiger partial charge in [-0.3, -0.25) is 10.1 Å². The number of hydrogen-bond donors (Lipinski definition) is 3. The maximum Gasteiger partial charge on any atom is 0.325 e. The summed E-state index contributed by atoms with van der Waals surface area (Å²) in [7, 11) is 1.49. The van der Waals surface area contributed by atoms with E-state index in [2.05, 4.69) is 35.8 Å². The lowest BCUT2D eigenvalue weighted by Crippen LogP contribution is -2.40. The molecule has 1 fully saturated rings. The predicted octanol–water partition coefficient (Wildman–Crippen LogP) is 3.71. The summed E-state index contributed by atoms with van der Waals surface area (Å²) < 4.78 is 10.6. The van der Waals surface area contributed by atoms with Crippen LogP contribution in [0.15, 0.2) is 30.3 Å². The summed E-state index contributed by atoms with van der Waals surface area (Å²) in [6, 6.07) is 8.28. The van der Waals surface area contributed by atoms with E-state index in [-0.39, 0.29) is 18.0 Å². The van der Waals surface area contributed by atoms with Crippen LogP contribution in [0.1, 0.15) is 33.8 Å². The number of benzene rings is 1. The Bertz CT molecular complexity index is 1300. The standard InChI is InChI=1S/C24H26ClN7O4S/c1-35-23-29-19(25)11-20(30-23)32-9-8-17-18(12-32)37-24(28-17)31-22(34)27-16-7-3-2-6-15(16)21(33)26-14-5-4-10-36-13-14/h2-3,6-7,11,14H,4-5,8-10,12-13H2,1H3,(H,26,33)(H2,27,28,31,34). The van der Waals surface area contributed by atoms with Crippen molar-refractivity contribution < 1.29 is 19.1 Å². The highest BCUT2D eigenvalue weighted by atomic mass is 35.5. The van der Waals surface area contributed by atoms with Crippen LogP contribution >= 0.6 is 22.9 Å². The smallest absolute Gasteiger partial charge is 0.325 e. The molecule has 1 aromatic carbocycles. The Hall–Kier alpha value is -3.48. The molecule has 2 aliphatic heterocycles. The largest absolute Gasteiger partial charge is 0.467 e. The van der Waals surface area contributed by atoms with Crippen molar-refractivity contribution in [1.29, 1.82) is 0 Å². The van der Waals surface area contributed by atoms with E-state index in [0.717, 1.165) is 23.4 Å². The number of urea groups is 1. The van der Waals surface area contributed by atoms with Crippen LogP contribution in [0.5, 0.6) is 6.01 Å². The van der Waals surface area contributed by atoms with E-state index >= 15 is 0 Å². The molecule has 2 aromatic heterocycles. The van der Waals surface area contributed by atoms with Crippen LogP contribution in [0.4, 0.5) is 21.4 Å². The van der Waals surface area contributed by atoms with Crippen LogP contribution in [0.25, 0.3) is 0 Å². The zero-order valence-corrected chi connectivity index (χ0v) is 21.7. The number of carbonyl (C=O) groups excluding carboxylic acids is 2. The first kappa shape index (κ1) is 25.2. The first-order valence-electron chi connectivity index (χ1n) is 11.9. The fourth-order valence-corrected chi connectivity index (χ4v) is 5.43. The Morgan fingerprint density at radius 2 is 2.08 bits per heavy atom. The molecule has 4 heterocycles. The number of amides is 3. The molecule has 0 spiro atoms. The molecule has 1 saturated heterocycles. The highest BCUT2D eigenvalue weighted by Crippen LogP contribution is 2.31. The number of para-hydroxylation sites is 1. The third-order valence-electron chi connectivity index (χ3n) is 6.03. The molecular weight excluding hydrogens is 518 g/mol. The number of aromatic nitrogens is 3. The third-order valence-corrected chi connectivity index (χ3v) is 7.23. The predicted molar refractivity (Wildman–Crippen MR) is 141 cm³/mol. The summed E-state index contributed by atoms with van der Waals surface area (Å²) in [5.74, 6) is 0.412. The van der Waals surface area contributed by atoms with Crippen LogP contribution in [-0.4, -0.2) is 59.8 Å². The van der Waals surface area contributed by atoms with Gasteiger partial charge in [0.05, 0.1) is 43.2 Å². The third kappa shape index (κ3) is 6.09. The van der Waals surface area contributed by atoms with Gasteiger partial charge in [-0.15, -0.1) is 0 Å². The van der Waals surface area contributed by atoms with E-state index < -0.39 is 6.03 Å². The van der Waals surface area contributed by atoms with Gasteiger partial charge in [0, 0.05) is 30.5 Å². The Balaban J connectivity index is 1.23. The van der Waals surface area contributed by atoms with Crippen LogP contribution in [0.2, 0.25) is 5.15 Å². The molecule has 5 rings (SSSR count). The molecule has 3 aromatic rings. The lowest BCUT2D eigenvalue weighted by molar-refractivity contribution is 0.0624. The minimum absolute atomic E-state index is 0.0381. The Kier molecular flexibility index (Phi) is 7.68. The van der Waals surface area contributed by atoms with Crippen molar-refractivity contribution in [3.63, 3.8) is 0 Å². The number of nitrogens with one attached hydrogen (secondary N) is 3. The highest BCUT2D eigenvalue weighted by molar-refractivity contribution is 7.15. The number of nitrogens with zero attached hydrogens (tertiary/aromatic N) is 4. The van der Waals surface area contributed by atoms with Crippen LogP contribution in [0.3, 0.4) is 0 Å². The zero-order chi connectivity index (χ0) is 25.8. The van der Waals surface area contributed by atoms with Gasteiger partial charge in [-0.05, 0) is 25.0 Å². The van der Waals surface area contributed by atoms with Gasteiger partial charge < -0.3 is 25.0 Å². The van der Waals surface area contributed by atoms with E-state index in [1.165, 1.54) is 18.4 Å². The molecule has 13 heteroatoms. The SMILES string of the molecule is COc1nc(Cl)cc(N2CCc3nc(NC(=O)Nc4ccccc4C(=O)NC4CCCOC4)sc3C2)n1. The van der Waals surface area contributed by atoms with Gasteiger partial charge in [0.1, 0.15) is 11.0 Å². The minimum atomic E-state index is -0.475. The summed E-state index contributed by atoms with van der Waals surface area (Å²) in [6.07, 6.45) is 2.46. The van der Waals surface area contributed by atoms with Crippen LogP contribution in [0, 0.1) is 0 Å². The van der Waals surface area contributed by atoms with Crippen molar-refractivity contribution >= 4 is 51.5 Å². The summed E-state index contributed by atoms with van der Waals surface area (Å²) in [4.78, 5) is 41.7. The first-order chi connectivity index (χ1) is 18.0. The molecule has 2 aliphatic rings. The normalized spacial score (nSPS) is 17.0. The second-order valence-electron chi connectivity index (χ2n) is 8.61. The molecule has 0 saturated carbocycles. The minimum Gasteiger partial charge on any atom is -0.467 e. The second kappa shape index (κ2) is 11.3. The monoisotopic (exact) mass is 543 g/mol. The topological polar surface area (TPSA) is 131 Å². The van der Waals surface area contributed by atoms with Crippen molar-refractivity contribution in [3.8, 4) is 6.01 Å². The summed E-state index contributed by atoms with van der Waals surface area (Å²) in [5.41, 5.74) is 1.73. The van der Waals surface area contributed by atoms with Crippen LogP contribution < -0.4 is 25.6 Å². The molecule has 3 N–H and O–H groups in total. The molecule has 11 nitrogen and oxygen atoms in total.